The van der Waals surface area contributed by atoms with E-state index in [-0.39, 0.29) is 11.9 Å². The Morgan fingerprint density at radius 3 is 2.94 bits per heavy atom. The van der Waals surface area contributed by atoms with Crippen LogP contribution in [0.5, 0.6) is 0 Å². The number of nitrogens with one attached hydrogen (secondary N) is 2. The van der Waals surface area contributed by atoms with E-state index in [9.17, 15) is 4.79 Å². The second-order valence-corrected chi connectivity index (χ2v) is 4.76. The van der Waals surface area contributed by atoms with Crippen LogP contribution in [0.2, 0.25) is 0 Å². The Hall–Kier alpha value is -1.35. The van der Waals surface area contributed by atoms with Gasteiger partial charge in [0.05, 0.1) is 0 Å². The first-order valence-electron chi connectivity index (χ1n) is 6.26. The summed E-state index contributed by atoms with van der Waals surface area (Å²) < 4.78 is 0. The van der Waals surface area contributed by atoms with Crippen molar-refractivity contribution in [2.45, 2.75) is 32.7 Å². The van der Waals surface area contributed by atoms with E-state index in [0.717, 1.165) is 37.1 Å². The highest BCUT2D eigenvalue weighted by Crippen LogP contribution is 2.13. The largest absolute Gasteiger partial charge is 0.348 e. The topological polar surface area (TPSA) is 41.1 Å². The number of aryl methyl sites for hydroxylation is 1. The van der Waals surface area contributed by atoms with Crippen molar-refractivity contribution in [3.63, 3.8) is 0 Å². The summed E-state index contributed by atoms with van der Waals surface area (Å²) in [4.78, 5) is 12.1. The molecule has 0 aliphatic carbocycles. The van der Waals surface area contributed by atoms with Gasteiger partial charge in [-0.3, -0.25) is 4.79 Å². The van der Waals surface area contributed by atoms with E-state index in [0.29, 0.717) is 0 Å². The van der Waals surface area contributed by atoms with Crippen molar-refractivity contribution in [2.24, 2.45) is 0 Å². The number of hydrogen-bond donors (Lipinski definition) is 2. The average Bonchev–Trinajstić information content (AvgIpc) is 2.34. The Morgan fingerprint density at radius 1 is 1.41 bits per heavy atom. The normalized spacial score (nSPS) is 20.0. The molecule has 1 aliphatic heterocycles. The molecular weight excluding hydrogens is 212 g/mol. The van der Waals surface area contributed by atoms with Crippen LogP contribution in [-0.2, 0) is 0 Å². The first-order valence-corrected chi connectivity index (χ1v) is 6.26. The summed E-state index contributed by atoms with van der Waals surface area (Å²) in [5.41, 5.74) is 3.05. The van der Waals surface area contributed by atoms with Crippen LogP contribution < -0.4 is 10.6 Å². The molecule has 0 radical (unpaired) electrons. The molecule has 0 bridgehead atoms. The monoisotopic (exact) mass is 232 g/mol. The summed E-state index contributed by atoms with van der Waals surface area (Å²) in [7, 11) is 0. The van der Waals surface area contributed by atoms with Gasteiger partial charge in [-0.2, -0.15) is 0 Å². The minimum Gasteiger partial charge on any atom is -0.348 e. The molecule has 0 saturated carbocycles. The lowest BCUT2D eigenvalue weighted by molar-refractivity contribution is 0.0930. The zero-order valence-corrected chi connectivity index (χ0v) is 10.5. The summed E-state index contributed by atoms with van der Waals surface area (Å²) in [6.07, 6.45) is 2.21. The molecule has 0 aromatic heterocycles. The van der Waals surface area contributed by atoms with Crippen LogP contribution in [-0.4, -0.2) is 25.0 Å². The molecule has 92 valence electrons. The van der Waals surface area contributed by atoms with Crippen molar-refractivity contribution in [1.82, 2.24) is 10.6 Å². The first-order chi connectivity index (χ1) is 8.18. The predicted molar refractivity (Wildman–Crippen MR) is 69.3 cm³/mol. The van der Waals surface area contributed by atoms with Gasteiger partial charge in [0.2, 0.25) is 0 Å². The van der Waals surface area contributed by atoms with Crippen LogP contribution in [0.15, 0.2) is 18.2 Å². The number of benzene rings is 1. The lowest BCUT2D eigenvalue weighted by Crippen LogP contribution is -2.45. The third kappa shape index (κ3) is 2.86. The number of hydrogen-bond acceptors (Lipinski definition) is 2. The van der Waals surface area contributed by atoms with E-state index in [1.54, 1.807) is 0 Å². The van der Waals surface area contributed by atoms with E-state index in [2.05, 4.69) is 10.6 Å². The molecule has 0 unspecified atom stereocenters. The molecule has 1 aliphatic rings. The summed E-state index contributed by atoms with van der Waals surface area (Å²) >= 11 is 0. The number of carbonyl (C=O) groups is 1. The molecule has 1 aromatic rings. The van der Waals surface area contributed by atoms with Crippen molar-refractivity contribution in [3.8, 4) is 0 Å². The van der Waals surface area contributed by atoms with Gasteiger partial charge in [0.1, 0.15) is 0 Å². The van der Waals surface area contributed by atoms with Crippen LogP contribution in [0.3, 0.4) is 0 Å². The standard InChI is InChI=1S/C14H20N2O/c1-10-5-3-7-13(11(10)2)14(17)16-12-6-4-8-15-9-12/h3,5,7,12,15H,4,6,8-9H2,1-2H3,(H,16,17)/t12-/m0/s1. The Labute approximate surface area is 103 Å². The van der Waals surface area contributed by atoms with Crippen molar-refractivity contribution in [2.75, 3.05) is 13.1 Å². The zero-order valence-electron chi connectivity index (χ0n) is 10.5. The third-order valence-corrected chi connectivity index (χ3v) is 3.48. The SMILES string of the molecule is Cc1cccc(C(=O)N[C@H]2CCCNC2)c1C. The van der Waals surface area contributed by atoms with Gasteiger partial charge in [0, 0.05) is 18.2 Å². The van der Waals surface area contributed by atoms with E-state index >= 15 is 0 Å². The van der Waals surface area contributed by atoms with Crippen molar-refractivity contribution < 1.29 is 4.79 Å². The highest BCUT2D eigenvalue weighted by Gasteiger charge is 2.17. The lowest BCUT2D eigenvalue weighted by Gasteiger charge is -2.24. The highest BCUT2D eigenvalue weighted by atomic mass is 16.1. The second kappa shape index (κ2) is 5.32. The lowest BCUT2D eigenvalue weighted by atomic mass is 10.0. The van der Waals surface area contributed by atoms with E-state index < -0.39 is 0 Å². The van der Waals surface area contributed by atoms with Crippen LogP contribution in [0, 0.1) is 13.8 Å². The summed E-state index contributed by atoms with van der Waals surface area (Å²) in [5.74, 6) is 0.0555. The molecule has 0 spiro atoms. The Morgan fingerprint density at radius 2 is 2.24 bits per heavy atom. The van der Waals surface area contributed by atoms with Gasteiger partial charge in [-0.05, 0) is 50.4 Å². The van der Waals surface area contributed by atoms with Gasteiger partial charge in [0.15, 0.2) is 0 Å². The first kappa shape index (κ1) is 12.1. The molecule has 1 aromatic carbocycles. The second-order valence-electron chi connectivity index (χ2n) is 4.76. The Kier molecular flexibility index (Phi) is 3.79. The van der Waals surface area contributed by atoms with Crippen molar-refractivity contribution >= 4 is 5.91 Å². The number of rotatable bonds is 2. The molecule has 1 saturated heterocycles. The zero-order chi connectivity index (χ0) is 12.3. The Bertz CT molecular complexity index is 409. The molecule has 1 atom stereocenters. The molecule has 1 amide bonds. The number of amides is 1. The average molecular weight is 232 g/mol. The molecule has 2 N–H and O–H groups in total. The molecule has 1 fully saturated rings. The molecule has 3 nitrogen and oxygen atoms in total. The highest BCUT2D eigenvalue weighted by molar-refractivity contribution is 5.96. The van der Waals surface area contributed by atoms with Crippen molar-refractivity contribution in [1.29, 1.82) is 0 Å². The van der Waals surface area contributed by atoms with Gasteiger partial charge in [-0.15, -0.1) is 0 Å². The minimum absolute atomic E-state index is 0.0555. The molecule has 3 heteroatoms. The van der Waals surface area contributed by atoms with Crippen molar-refractivity contribution in [3.05, 3.63) is 34.9 Å². The maximum absolute atomic E-state index is 12.1. The predicted octanol–water partition coefficient (Wildman–Crippen LogP) is 1.79. The quantitative estimate of drug-likeness (QED) is 0.816. The van der Waals surface area contributed by atoms with Crippen LogP contribution in [0.1, 0.15) is 34.3 Å². The summed E-state index contributed by atoms with van der Waals surface area (Å²) in [6, 6.07) is 6.15. The third-order valence-electron chi connectivity index (χ3n) is 3.48. The maximum atomic E-state index is 12.1. The van der Waals surface area contributed by atoms with Crippen LogP contribution in [0.4, 0.5) is 0 Å². The molecular formula is C14H20N2O. The minimum atomic E-state index is 0.0555. The van der Waals surface area contributed by atoms with Crippen LogP contribution in [0.25, 0.3) is 0 Å². The molecule has 1 heterocycles. The molecule has 2 rings (SSSR count). The van der Waals surface area contributed by atoms with Gasteiger partial charge >= 0.3 is 0 Å². The fourth-order valence-electron chi connectivity index (χ4n) is 2.24. The van der Waals surface area contributed by atoms with E-state index in [1.165, 1.54) is 5.56 Å². The van der Waals surface area contributed by atoms with Gasteiger partial charge in [-0.25, -0.2) is 0 Å². The van der Waals surface area contributed by atoms with Crippen LogP contribution >= 0.6 is 0 Å². The fourth-order valence-corrected chi connectivity index (χ4v) is 2.24. The summed E-state index contributed by atoms with van der Waals surface area (Å²) in [6.45, 7) is 5.99. The number of carbonyl (C=O) groups excluding carboxylic acids is 1. The smallest absolute Gasteiger partial charge is 0.251 e. The molecule has 17 heavy (non-hydrogen) atoms. The fraction of sp³-hybridized carbons (Fsp3) is 0.500. The Balaban J connectivity index is 2.06. The van der Waals surface area contributed by atoms with Gasteiger partial charge in [0.25, 0.3) is 5.91 Å². The van der Waals surface area contributed by atoms with E-state index in [4.69, 9.17) is 0 Å². The van der Waals surface area contributed by atoms with Gasteiger partial charge in [-0.1, -0.05) is 12.1 Å². The van der Waals surface area contributed by atoms with Gasteiger partial charge < -0.3 is 10.6 Å². The number of piperidine rings is 1. The van der Waals surface area contributed by atoms with E-state index in [1.807, 2.05) is 32.0 Å². The maximum Gasteiger partial charge on any atom is 0.251 e. The summed E-state index contributed by atoms with van der Waals surface area (Å²) in [5, 5.41) is 6.40.